The Morgan fingerprint density at radius 1 is 1.00 bits per heavy atom. The van der Waals surface area contributed by atoms with Crippen molar-refractivity contribution in [3.63, 3.8) is 0 Å². The molecule has 0 spiro atoms. The van der Waals surface area contributed by atoms with Crippen molar-refractivity contribution >= 4 is 28.5 Å². The number of hydrogen-bond acceptors (Lipinski definition) is 5. The number of hydrogen-bond donors (Lipinski definition) is 0. The van der Waals surface area contributed by atoms with E-state index in [1.807, 2.05) is 53.6 Å². The van der Waals surface area contributed by atoms with E-state index in [4.69, 9.17) is 9.47 Å². The summed E-state index contributed by atoms with van der Waals surface area (Å²) in [5.41, 5.74) is 2.81. The van der Waals surface area contributed by atoms with Gasteiger partial charge in [-0.25, -0.2) is 9.97 Å². The minimum atomic E-state index is 0.664. The van der Waals surface area contributed by atoms with Crippen LogP contribution in [0, 0.1) is 0 Å². The van der Waals surface area contributed by atoms with Gasteiger partial charge in [0.25, 0.3) is 0 Å². The van der Waals surface area contributed by atoms with Crippen molar-refractivity contribution < 1.29 is 9.47 Å². The van der Waals surface area contributed by atoms with Gasteiger partial charge in [-0.2, -0.15) is 0 Å². The lowest BCUT2D eigenvalue weighted by Gasteiger charge is -2.26. The van der Waals surface area contributed by atoms with Crippen molar-refractivity contribution in [3.8, 4) is 11.5 Å². The maximum absolute atomic E-state index is 5.55. The molecule has 3 aromatic rings. The fourth-order valence-electron chi connectivity index (χ4n) is 2.91. The van der Waals surface area contributed by atoms with Crippen LogP contribution in [0.25, 0.3) is 17.0 Å². The second-order valence-corrected chi connectivity index (χ2v) is 5.14. The third kappa shape index (κ3) is 2.01. The lowest BCUT2D eigenvalue weighted by Crippen LogP contribution is -2.14. The molecular weight excluding hydrogens is 290 g/mol. The van der Waals surface area contributed by atoms with Crippen LogP contribution in [0.4, 0.5) is 11.5 Å². The smallest absolute Gasteiger partial charge is 0.168 e. The SMILES string of the molecule is COc1cc2ncnc3c2c(c1OC)C=CN3c1ccccc1. The highest BCUT2D eigenvalue weighted by atomic mass is 16.5. The first-order chi connectivity index (χ1) is 11.3. The van der Waals surface area contributed by atoms with Crippen LogP contribution in [0.1, 0.15) is 5.56 Å². The van der Waals surface area contributed by atoms with E-state index in [0.717, 1.165) is 28.0 Å². The number of nitrogens with zero attached hydrogens (tertiary/aromatic N) is 3. The van der Waals surface area contributed by atoms with Gasteiger partial charge >= 0.3 is 0 Å². The molecule has 23 heavy (non-hydrogen) atoms. The van der Waals surface area contributed by atoms with Crippen LogP contribution >= 0.6 is 0 Å². The van der Waals surface area contributed by atoms with E-state index in [2.05, 4.69) is 9.97 Å². The summed E-state index contributed by atoms with van der Waals surface area (Å²) in [6.45, 7) is 0. The minimum Gasteiger partial charge on any atom is -0.493 e. The second-order valence-electron chi connectivity index (χ2n) is 5.14. The molecule has 4 rings (SSSR count). The Bertz CT molecular complexity index is 907. The Morgan fingerprint density at radius 3 is 2.57 bits per heavy atom. The highest BCUT2D eigenvalue weighted by Gasteiger charge is 2.23. The maximum atomic E-state index is 5.55. The highest BCUT2D eigenvalue weighted by Crippen LogP contribution is 2.44. The molecule has 0 radical (unpaired) electrons. The molecule has 0 bridgehead atoms. The van der Waals surface area contributed by atoms with E-state index < -0.39 is 0 Å². The summed E-state index contributed by atoms with van der Waals surface area (Å²) in [6.07, 6.45) is 5.57. The number of methoxy groups -OCH3 is 2. The van der Waals surface area contributed by atoms with E-state index >= 15 is 0 Å². The number of ether oxygens (including phenoxy) is 2. The molecule has 1 aliphatic rings. The Balaban J connectivity index is 2.02. The van der Waals surface area contributed by atoms with Crippen molar-refractivity contribution in [3.05, 3.63) is 54.5 Å². The first kappa shape index (κ1) is 13.6. The van der Waals surface area contributed by atoms with E-state index in [9.17, 15) is 0 Å². The van der Waals surface area contributed by atoms with Crippen LogP contribution in [-0.2, 0) is 0 Å². The van der Waals surface area contributed by atoms with E-state index in [1.165, 1.54) is 0 Å². The largest absolute Gasteiger partial charge is 0.493 e. The molecular formula is C18H15N3O2. The van der Waals surface area contributed by atoms with Gasteiger partial charge in [-0.15, -0.1) is 0 Å². The van der Waals surface area contributed by atoms with Crippen LogP contribution in [-0.4, -0.2) is 24.2 Å². The highest BCUT2D eigenvalue weighted by molar-refractivity contribution is 6.04. The van der Waals surface area contributed by atoms with Crippen molar-refractivity contribution in [2.75, 3.05) is 19.1 Å². The zero-order valence-corrected chi connectivity index (χ0v) is 12.9. The molecule has 2 aromatic carbocycles. The van der Waals surface area contributed by atoms with Crippen molar-refractivity contribution in [2.45, 2.75) is 0 Å². The summed E-state index contributed by atoms with van der Waals surface area (Å²) in [5, 5.41) is 0.955. The summed E-state index contributed by atoms with van der Waals surface area (Å²) < 4.78 is 11.0. The summed E-state index contributed by atoms with van der Waals surface area (Å²) >= 11 is 0. The average molecular weight is 305 g/mol. The quantitative estimate of drug-likeness (QED) is 0.737. The van der Waals surface area contributed by atoms with Crippen LogP contribution in [0.15, 0.2) is 48.9 Å². The molecule has 0 saturated heterocycles. The predicted molar refractivity (Wildman–Crippen MR) is 90.3 cm³/mol. The number of benzene rings is 2. The number of anilines is 2. The Labute approximate surface area is 133 Å². The second kappa shape index (κ2) is 5.28. The lowest BCUT2D eigenvalue weighted by atomic mass is 10.0. The van der Waals surface area contributed by atoms with Gasteiger partial charge in [0, 0.05) is 23.5 Å². The standard InChI is InChI=1S/C18H15N3O2/c1-22-15-10-14-16-13(17(15)23-2)8-9-21(18(16)20-11-19-14)12-6-4-3-5-7-12/h3-11H,1-2H3. The monoisotopic (exact) mass is 305 g/mol. The molecule has 5 nitrogen and oxygen atoms in total. The summed E-state index contributed by atoms with van der Waals surface area (Å²) in [7, 11) is 3.27. The van der Waals surface area contributed by atoms with Gasteiger partial charge in [0.1, 0.15) is 12.1 Å². The number of aromatic nitrogens is 2. The fourth-order valence-corrected chi connectivity index (χ4v) is 2.91. The van der Waals surface area contributed by atoms with E-state index in [1.54, 1.807) is 20.5 Å². The molecule has 114 valence electrons. The molecule has 0 atom stereocenters. The third-order valence-corrected chi connectivity index (χ3v) is 3.94. The zero-order valence-electron chi connectivity index (χ0n) is 12.9. The molecule has 0 amide bonds. The summed E-state index contributed by atoms with van der Waals surface area (Å²) in [5.74, 6) is 2.19. The lowest BCUT2D eigenvalue weighted by molar-refractivity contribution is 0.355. The van der Waals surface area contributed by atoms with Crippen LogP contribution in [0.5, 0.6) is 11.5 Å². The molecule has 0 unspecified atom stereocenters. The van der Waals surface area contributed by atoms with Gasteiger partial charge in [-0.05, 0) is 18.2 Å². The summed E-state index contributed by atoms with van der Waals surface area (Å²) in [4.78, 5) is 10.9. The third-order valence-electron chi connectivity index (χ3n) is 3.94. The molecule has 0 aliphatic carbocycles. The van der Waals surface area contributed by atoms with E-state index in [0.29, 0.717) is 11.5 Å². The number of para-hydroxylation sites is 1. The van der Waals surface area contributed by atoms with Gasteiger partial charge in [0.2, 0.25) is 0 Å². The first-order valence-corrected chi connectivity index (χ1v) is 7.25. The van der Waals surface area contributed by atoms with Crippen LogP contribution in [0.2, 0.25) is 0 Å². The molecule has 0 saturated carbocycles. The number of rotatable bonds is 3. The maximum Gasteiger partial charge on any atom is 0.168 e. The van der Waals surface area contributed by atoms with Crippen molar-refractivity contribution in [1.29, 1.82) is 0 Å². The Morgan fingerprint density at radius 2 is 1.83 bits per heavy atom. The van der Waals surface area contributed by atoms with Gasteiger partial charge in [-0.1, -0.05) is 18.2 Å². The molecule has 0 N–H and O–H groups in total. The fraction of sp³-hybridized carbons (Fsp3) is 0.111. The molecule has 0 fully saturated rings. The summed E-state index contributed by atoms with van der Waals surface area (Å²) in [6, 6.07) is 12.0. The van der Waals surface area contributed by atoms with Gasteiger partial charge < -0.3 is 14.4 Å². The predicted octanol–water partition coefficient (Wildman–Crippen LogP) is 3.77. The van der Waals surface area contributed by atoms with Crippen LogP contribution in [0.3, 0.4) is 0 Å². The molecule has 2 heterocycles. The van der Waals surface area contributed by atoms with Gasteiger partial charge in [0.05, 0.1) is 25.1 Å². The van der Waals surface area contributed by atoms with Gasteiger partial charge in [-0.3, -0.25) is 0 Å². The van der Waals surface area contributed by atoms with Crippen LogP contribution < -0.4 is 14.4 Å². The first-order valence-electron chi connectivity index (χ1n) is 7.25. The molecule has 5 heteroatoms. The van der Waals surface area contributed by atoms with Crippen molar-refractivity contribution in [2.24, 2.45) is 0 Å². The van der Waals surface area contributed by atoms with Crippen molar-refractivity contribution in [1.82, 2.24) is 9.97 Å². The average Bonchev–Trinajstić information content (AvgIpc) is 2.62. The normalized spacial score (nSPS) is 12.5. The molecule has 1 aromatic heterocycles. The zero-order chi connectivity index (χ0) is 15.8. The minimum absolute atomic E-state index is 0.664. The van der Waals surface area contributed by atoms with Gasteiger partial charge in [0.15, 0.2) is 11.5 Å². The Kier molecular flexibility index (Phi) is 3.12. The van der Waals surface area contributed by atoms with E-state index in [-0.39, 0.29) is 0 Å². The topological polar surface area (TPSA) is 47.5 Å². The Hall–Kier alpha value is -3.08. The molecule has 1 aliphatic heterocycles.